The average Bonchev–Trinajstić information content (AvgIpc) is 3.02. The van der Waals surface area contributed by atoms with Crippen LogP contribution in [0, 0.1) is 6.92 Å². The average molecular weight is 276 g/mol. The predicted molar refractivity (Wildman–Crippen MR) is 80.6 cm³/mol. The second kappa shape index (κ2) is 5.93. The van der Waals surface area contributed by atoms with Crippen LogP contribution in [0.1, 0.15) is 31.2 Å². The van der Waals surface area contributed by atoms with Gasteiger partial charge in [0.15, 0.2) is 0 Å². The number of nitrogen functional groups attached to an aromatic ring is 1. The lowest BCUT2D eigenvalue weighted by atomic mass is 10.1. The fraction of sp³-hybridized carbons (Fsp3) is 0.714. The summed E-state index contributed by atoms with van der Waals surface area (Å²) in [4.78, 5) is 13.6. The highest BCUT2D eigenvalue weighted by molar-refractivity contribution is 5.49. The quantitative estimate of drug-likeness (QED) is 0.637. The Labute approximate surface area is 120 Å². The summed E-state index contributed by atoms with van der Waals surface area (Å²) >= 11 is 0. The van der Waals surface area contributed by atoms with Crippen molar-refractivity contribution in [1.82, 2.24) is 14.9 Å². The van der Waals surface area contributed by atoms with Gasteiger partial charge in [-0.3, -0.25) is 10.3 Å². The molecule has 1 aromatic heterocycles. The van der Waals surface area contributed by atoms with Gasteiger partial charge < -0.3 is 4.90 Å². The number of hydrogen-bond donors (Lipinski definition) is 2. The number of rotatable bonds is 3. The summed E-state index contributed by atoms with van der Waals surface area (Å²) in [6, 6.07) is 0.824. The highest BCUT2D eigenvalue weighted by Crippen LogP contribution is 2.26. The van der Waals surface area contributed by atoms with Crippen molar-refractivity contribution < 1.29 is 0 Å². The molecular formula is C14H24N6. The SMILES string of the molecule is Cc1cnc(NN)nc1N1CCN(C2CCCC2)CC1. The summed E-state index contributed by atoms with van der Waals surface area (Å²) in [6.07, 6.45) is 7.41. The van der Waals surface area contributed by atoms with Crippen LogP contribution in [0.5, 0.6) is 0 Å². The Kier molecular flexibility index (Phi) is 4.03. The highest BCUT2D eigenvalue weighted by atomic mass is 15.3. The third-order valence-corrected chi connectivity index (χ3v) is 4.53. The molecule has 110 valence electrons. The van der Waals surface area contributed by atoms with Gasteiger partial charge in [0, 0.05) is 44.0 Å². The van der Waals surface area contributed by atoms with Crippen molar-refractivity contribution in [2.75, 3.05) is 36.5 Å². The van der Waals surface area contributed by atoms with Gasteiger partial charge in [-0.05, 0) is 19.8 Å². The minimum Gasteiger partial charge on any atom is -0.354 e. The van der Waals surface area contributed by atoms with Crippen molar-refractivity contribution in [3.8, 4) is 0 Å². The van der Waals surface area contributed by atoms with Gasteiger partial charge in [0.2, 0.25) is 5.95 Å². The van der Waals surface area contributed by atoms with E-state index in [1.165, 1.54) is 25.7 Å². The van der Waals surface area contributed by atoms with Crippen LogP contribution in [0.15, 0.2) is 6.20 Å². The number of hydrogen-bond acceptors (Lipinski definition) is 6. The Morgan fingerprint density at radius 3 is 2.55 bits per heavy atom. The molecule has 6 heteroatoms. The van der Waals surface area contributed by atoms with Crippen molar-refractivity contribution in [2.45, 2.75) is 38.6 Å². The zero-order chi connectivity index (χ0) is 13.9. The van der Waals surface area contributed by atoms with Crippen molar-refractivity contribution >= 4 is 11.8 Å². The lowest BCUT2D eigenvalue weighted by Gasteiger charge is -2.39. The van der Waals surface area contributed by atoms with Gasteiger partial charge in [0.25, 0.3) is 0 Å². The number of hydrazine groups is 1. The summed E-state index contributed by atoms with van der Waals surface area (Å²) < 4.78 is 0. The number of nitrogens with two attached hydrogens (primary N) is 1. The Morgan fingerprint density at radius 1 is 1.20 bits per heavy atom. The van der Waals surface area contributed by atoms with Gasteiger partial charge in [-0.15, -0.1) is 0 Å². The predicted octanol–water partition coefficient (Wildman–Crippen LogP) is 1.14. The molecule has 0 radical (unpaired) electrons. The van der Waals surface area contributed by atoms with E-state index in [0.29, 0.717) is 5.95 Å². The first-order chi connectivity index (χ1) is 9.78. The molecule has 1 saturated carbocycles. The Hall–Kier alpha value is -1.40. The second-order valence-electron chi connectivity index (χ2n) is 5.81. The number of aryl methyl sites for hydroxylation is 1. The smallest absolute Gasteiger partial charge is 0.239 e. The van der Waals surface area contributed by atoms with E-state index in [9.17, 15) is 0 Å². The molecule has 3 N–H and O–H groups in total. The van der Waals surface area contributed by atoms with E-state index in [0.717, 1.165) is 43.6 Å². The van der Waals surface area contributed by atoms with Crippen LogP contribution < -0.4 is 16.2 Å². The maximum atomic E-state index is 5.40. The normalized spacial score (nSPS) is 21.4. The first-order valence-electron chi connectivity index (χ1n) is 7.57. The van der Waals surface area contributed by atoms with E-state index in [1.54, 1.807) is 0 Å². The van der Waals surface area contributed by atoms with Gasteiger partial charge in [-0.1, -0.05) is 12.8 Å². The molecule has 0 unspecified atom stereocenters. The van der Waals surface area contributed by atoms with Crippen molar-refractivity contribution in [3.05, 3.63) is 11.8 Å². The van der Waals surface area contributed by atoms with Crippen LogP contribution in [-0.2, 0) is 0 Å². The van der Waals surface area contributed by atoms with Gasteiger partial charge in [-0.2, -0.15) is 4.98 Å². The van der Waals surface area contributed by atoms with Gasteiger partial charge in [-0.25, -0.2) is 10.8 Å². The molecule has 0 spiro atoms. The zero-order valence-corrected chi connectivity index (χ0v) is 12.2. The molecule has 1 aromatic rings. The number of aromatic nitrogens is 2. The molecule has 0 amide bonds. The van der Waals surface area contributed by atoms with Gasteiger partial charge >= 0.3 is 0 Å². The van der Waals surface area contributed by atoms with Crippen LogP contribution in [0.4, 0.5) is 11.8 Å². The Bertz CT molecular complexity index is 449. The first-order valence-corrected chi connectivity index (χ1v) is 7.57. The molecule has 2 fully saturated rings. The molecular weight excluding hydrogens is 252 g/mol. The van der Waals surface area contributed by atoms with E-state index >= 15 is 0 Å². The fourth-order valence-corrected chi connectivity index (χ4v) is 3.39. The van der Waals surface area contributed by atoms with Crippen LogP contribution in [-0.4, -0.2) is 47.1 Å². The zero-order valence-electron chi connectivity index (χ0n) is 12.2. The van der Waals surface area contributed by atoms with Crippen LogP contribution in [0.3, 0.4) is 0 Å². The van der Waals surface area contributed by atoms with Crippen LogP contribution in [0.25, 0.3) is 0 Å². The van der Waals surface area contributed by atoms with Gasteiger partial charge in [0.1, 0.15) is 5.82 Å². The first kappa shape index (κ1) is 13.6. The third-order valence-electron chi connectivity index (χ3n) is 4.53. The minimum absolute atomic E-state index is 0.490. The van der Waals surface area contributed by atoms with Gasteiger partial charge in [0.05, 0.1) is 0 Å². The summed E-state index contributed by atoms with van der Waals surface area (Å²) in [7, 11) is 0. The molecule has 6 nitrogen and oxygen atoms in total. The lowest BCUT2D eigenvalue weighted by molar-refractivity contribution is 0.187. The molecule has 20 heavy (non-hydrogen) atoms. The molecule has 0 bridgehead atoms. The van der Waals surface area contributed by atoms with Crippen molar-refractivity contribution in [3.63, 3.8) is 0 Å². The number of piperazine rings is 1. The summed E-state index contributed by atoms with van der Waals surface area (Å²) in [6.45, 7) is 6.41. The molecule has 2 aliphatic rings. The summed E-state index contributed by atoms with van der Waals surface area (Å²) in [5.41, 5.74) is 3.64. The molecule has 1 saturated heterocycles. The van der Waals surface area contributed by atoms with E-state index in [2.05, 4.69) is 32.1 Å². The Balaban J connectivity index is 1.65. The number of nitrogens with zero attached hydrogens (tertiary/aromatic N) is 4. The van der Waals surface area contributed by atoms with Crippen LogP contribution >= 0.6 is 0 Å². The summed E-state index contributed by atoms with van der Waals surface area (Å²) in [5.74, 6) is 6.90. The fourth-order valence-electron chi connectivity index (χ4n) is 3.39. The minimum atomic E-state index is 0.490. The topological polar surface area (TPSA) is 70.3 Å². The summed E-state index contributed by atoms with van der Waals surface area (Å²) in [5, 5.41) is 0. The largest absolute Gasteiger partial charge is 0.354 e. The third kappa shape index (κ3) is 2.71. The van der Waals surface area contributed by atoms with Crippen molar-refractivity contribution in [1.29, 1.82) is 0 Å². The Morgan fingerprint density at radius 2 is 1.90 bits per heavy atom. The lowest BCUT2D eigenvalue weighted by Crippen LogP contribution is -2.50. The molecule has 1 aliphatic carbocycles. The monoisotopic (exact) mass is 276 g/mol. The van der Waals surface area contributed by atoms with E-state index < -0.39 is 0 Å². The standard InChI is InChI=1S/C14H24N6/c1-11-10-16-14(18-15)17-13(11)20-8-6-19(7-9-20)12-4-2-3-5-12/h10,12H,2-9,15H2,1H3,(H,16,17,18). The maximum Gasteiger partial charge on any atom is 0.239 e. The van der Waals surface area contributed by atoms with Crippen molar-refractivity contribution in [2.24, 2.45) is 5.84 Å². The molecule has 1 aliphatic heterocycles. The van der Waals surface area contributed by atoms with E-state index in [4.69, 9.17) is 5.84 Å². The van der Waals surface area contributed by atoms with Crippen LogP contribution in [0.2, 0.25) is 0 Å². The number of anilines is 2. The second-order valence-corrected chi connectivity index (χ2v) is 5.81. The maximum absolute atomic E-state index is 5.40. The molecule has 3 rings (SSSR count). The molecule has 0 aromatic carbocycles. The molecule has 2 heterocycles. The highest BCUT2D eigenvalue weighted by Gasteiger charge is 2.27. The van der Waals surface area contributed by atoms with E-state index in [1.807, 2.05) is 6.20 Å². The number of nitrogens with one attached hydrogen (secondary N) is 1. The molecule has 0 atom stereocenters. The van der Waals surface area contributed by atoms with E-state index in [-0.39, 0.29) is 0 Å².